The predicted octanol–water partition coefficient (Wildman–Crippen LogP) is 1.61. The average molecular weight is 258 g/mol. The molecule has 19 heavy (non-hydrogen) atoms. The van der Waals surface area contributed by atoms with Crippen molar-refractivity contribution in [2.45, 2.75) is 20.4 Å². The van der Waals surface area contributed by atoms with Crippen molar-refractivity contribution < 1.29 is 9.90 Å². The van der Waals surface area contributed by atoms with E-state index in [1.807, 2.05) is 13.0 Å². The fourth-order valence-electron chi connectivity index (χ4n) is 1.90. The Labute approximate surface area is 110 Å². The van der Waals surface area contributed by atoms with Crippen molar-refractivity contribution in [1.29, 1.82) is 0 Å². The van der Waals surface area contributed by atoms with Crippen LogP contribution in [0.2, 0.25) is 0 Å². The van der Waals surface area contributed by atoms with E-state index in [9.17, 15) is 9.59 Å². The number of pyridine rings is 2. The summed E-state index contributed by atoms with van der Waals surface area (Å²) in [5, 5.41) is 8.97. The van der Waals surface area contributed by atoms with Gasteiger partial charge in [-0.2, -0.15) is 0 Å². The molecule has 0 spiro atoms. The number of carbonyl (C=O) groups is 1. The van der Waals surface area contributed by atoms with Crippen LogP contribution in [0, 0.1) is 13.8 Å². The van der Waals surface area contributed by atoms with Crippen LogP contribution in [0.3, 0.4) is 0 Å². The fraction of sp³-hybridized carbons (Fsp3) is 0.214. The summed E-state index contributed by atoms with van der Waals surface area (Å²) in [6.07, 6.45) is 4.86. The van der Waals surface area contributed by atoms with E-state index in [1.165, 1.54) is 12.3 Å². The number of hydrogen-bond donors (Lipinski definition) is 1. The van der Waals surface area contributed by atoms with E-state index in [2.05, 4.69) is 4.98 Å². The third kappa shape index (κ3) is 2.88. The lowest BCUT2D eigenvalue weighted by Gasteiger charge is -2.11. The van der Waals surface area contributed by atoms with Gasteiger partial charge in [0.05, 0.1) is 0 Å². The predicted molar refractivity (Wildman–Crippen MR) is 70.5 cm³/mol. The summed E-state index contributed by atoms with van der Waals surface area (Å²) in [7, 11) is 0. The molecule has 98 valence electrons. The summed E-state index contributed by atoms with van der Waals surface area (Å²) in [4.78, 5) is 26.6. The smallest absolute Gasteiger partial charge is 0.341 e. The van der Waals surface area contributed by atoms with Gasteiger partial charge >= 0.3 is 5.97 Å². The standard InChI is InChI=1S/C14H14N2O3/c1-9-3-11(6-15-5-9)7-16-8-12(14(18)19)13(17)4-10(16)2/h3-6,8H,7H2,1-2H3,(H,18,19). The topological polar surface area (TPSA) is 72.2 Å². The van der Waals surface area contributed by atoms with E-state index in [0.717, 1.165) is 16.8 Å². The quantitative estimate of drug-likeness (QED) is 0.907. The molecule has 0 amide bonds. The largest absolute Gasteiger partial charge is 0.477 e. The lowest BCUT2D eigenvalue weighted by Crippen LogP contribution is -2.19. The molecule has 0 aliphatic heterocycles. The Morgan fingerprint density at radius 1 is 1.32 bits per heavy atom. The van der Waals surface area contributed by atoms with Gasteiger partial charge in [0.25, 0.3) is 0 Å². The molecule has 5 nitrogen and oxygen atoms in total. The highest BCUT2D eigenvalue weighted by Crippen LogP contribution is 2.07. The molecule has 5 heteroatoms. The Morgan fingerprint density at radius 2 is 2.05 bits per heavy atom. The summed E-state index contributed by atoms with van der Waals surface area (Å²) < 4.78 is 1.74. The Bertz CT molecular complexity index is 689. The maximum Gasteiger partial charge on any atom is 0.341 e. The van der Waals surface area contributed by atoms with Crippen molar-refractivity contribution in [3.05, 3.63) is 63.3 Å². The van der Waals surface area contributed by atoms with Crippen molar-refractivity contribution in [3.63, 3.8) is 0 Å². The molecular weight excluding hydrogens is 244 g/mol. The lowest BCUT2D eigenvalue weighted by atomic mass is 10.2. The molecule has 0 radical (unpaired) electrons. The number of carboxylic acid groups (broad SMARTS) is 1. The minimum atomic E-state index is -1.21. The van der Waals surface area contributed by atoms with Crippen LogP contribution in [0.1, 0.15) is 27.2 Å². The number of aromatic nitrogens is 2. The van der Waals surface area contributed by atoms with Gasteiger partial charge in [-0.25, -0.2) is 4.79 Å². The van der Waals surface area contributed by atoms with Crippen LogP contribution in [0.25, 0.3) is 0 Å². The molecule has 0 unspecified atom stereocenters. The highest BCUT2D eigenvalue weighted by molar-refractivity contribution is 5.87. The Kier molecular flexibility index (Phi) is 3.46. The second kappa shape index (κ2) is 5.06. The van der Waals surface area contributed by atoms with Gasteiger partial charge in [-0.3, -0.25) is 9.78 Å². The first-order valence-electron chi connectivity index (χ1n) is 5.82. The minimum Gasteiger partial charge on any atom is -0.477 e. The molecule has 0 saturated carbocycles. The van der Waals surface area contributed by atoms with Crippen LogP contribution in [0.5, 0.6) is 0 Å². The van der Waals surface area contributed by atoms with E-state index in [0.29, 0.717) is 6.54 Å². The third-order valence-electron chi connectivity index (χ3n) is 2.86. The first kappa shape index (κ1) is 13.0. The minimum absolute atomic E-state index is 0.216. The molecule has 2 aromatic heterocycles. The molecule has 0 aliphatic rings. The Balaban J connectivity index is 2.43. The van der Waals surface area contributed by atoms with Gasteiger partial charge in [0.15, 0.2) is 5.43 Å². The van der Waals surface area contributed by atoms with Gasteiger partial charge in [0.2, 0.25) is 0 Å². The molecule has 0 aromatic carbocycles. The summed E-state index contributed by atoms with van der Waals surface area (Å²) >= 11 is 0. The molecule has 0 saturated heterocycles. The highest BCUT2D eigenvalue weighted by atomic mass is 16.4. The van der Waals surface area contributed by atoms with Gasteiger partial charge in [-0.15, -0.1) is 0 Å². The molecule has 0 bridgehead atoms. The average Bonchev–Trinajstić information content (AvgIpc) is 2.32. The Hall–Kier alpha value is -2.43. The monoisotopic (exact) mass is 258 g/mol. The number of aryl methyl sites for hydroxylation is 2. The maximum atomic E-state index is 11.5. The summed E-state index contributed by atoms with van der Waals surface area (Å²) in [6, 6.07) is 3.32. The number of carboxylic acids is 1. The van der Waals surface area contributed by atoms with Crippen molar-refractivity contribution in [1.82, 2.24) is 9.55 Å². The molecule has 1 N–H and O–H groups in total. The Morgan fingerprint density at radius 3 is 2.68 bits per heavy atom. The summed E-state index contributed by atoms with van der Waals surface area (Å²) in [5.74, 6) is -1.21. The molecule has 0 aliphatic carbocycles. The number of nitrogens with zero attached hydrogens (tertiary/aromatic N) is 2. The zero-order chi connectivity index (χ0) is 14.0. The van der Waals surface area contributed by atoms with Gasteiger partial charge < -0.3 is 9.67 Å². The second-order valence-electron chi connectivity index (χ2n) is 4.50. The van der Waals surface area contributed by atoms with Gasteiger partial charge in [-0.1, -0.05) is 6.07 Å². The van der Waals surface area contributed by atoms with Crippen molar-refractivity contribution in [2.24, 2.45) is 0 Å². The van der Waals surface area contributed by atoms with Crippen LogP contribution >= 0.6 is 0 Å². The van der Waals surface area contributed by atoms with Gasteiger partial charge in [0.1, 0.15) is 5.56 Å². The van der Waals surface area contributed by atoms with E-state index in [1.54, 1.807) is 23.9 Å². The van der Waals surface area contributed by atoms with Crippen LogP contribution < -0.4 is 5.43 Å². The maximum absolute atomic E-state index is 11.5. The molecular formula is C14H14N2O3. The number of rotatable bonds is 3. The lowest BCUT2D eigenvalue weighted by molar-refractivity contribution is 0.0694. The van der Waals surface area contributed by atoms with Gasteiger partial charge in [-0.05, 0) is 25.0 Å². The zero-order valence-electron chi connectivity index (χ0n) is 10.8. The third-order valence-corrected chi connectivity index (χ3v) is 2.86. The second-order valence-corrected chi connectivity index (χ2v) is 4.50. The summed E-state index contributed by atoms with van der Waals surface area (Å²) in [5.41, 5.74) is 2.03. The molecule has 2 aromatic rings. The van der Waals surface area contributed by atoms with Gasteiger partial charge in [0, 0.05) is 36.9 Å². The highest BCUT2D eigenvalue weighted by Gasteiger charge is 2.10. The molecule has 2 rings (SSSR count). The number of hydrogen-bond acceptors (Lipinski definition) is 3. The molecule has 0 fully saturated rings. The van der Waals surface area contributed by atoms with E-state index < -0.39 is 11.4 Å². The SMILES string of the molecule is Cc1cncc(Cn2cc(C(=O)O)c(=O)cc2C)c1. The van der Waals surface area contributed by atoms with Crippen molar-refractivity contribution in [2.75, 3.05) is 0 Å². The van der Waals surface area contributed by atoms with E-state index in [-0.39, 0.29) is 5.56 Å². The van der Waals surface area contributed by atoms with Crippen molar-refractivity contribution in [3.8, 4) is 0 Å². The normalized spacial score (nSPS) is 10.4. The first-order valence-corrected chi connectivity index (χ1v) is 5.82. The zero-order valence-corrected chi connectivity index (χ0v) is 10.8. The summed E-state index contributed by atoms with van der Waals surface area (Å²) in [6.45, 7) is 4.20. The first-order chi connectivity index (χ1) is 8.97. The molecule has 0 atom stereocenters. The van der Waals surface area contributed by atoms with Crippen LogP contribution in [-0.2, 0) is 6.54 Å². The van der Waals surface area contributed by atoms with Crippen LogP contribution in [0.15, 0.2) is 35.5 Å². The van der Waals surface area contributed by atoms with E-state index >= 15 is 0 Å². The molecule has 2 heterocycles. The van der Waals surface area contributed by atoms with Crippen molar-refractivity contribution >= 4 is 5.97 Å². The van der Waals surface area contributed by atoms with E-state index in [4.69, 9.17) is 5.11 Å². The van der Waals surface area contributed by atoms with Crippen LogP contribution in [0.4, 0.5) is 0 Å². The van der Waals surface area contributed by atoms with Crippen LogP contribution in [-0.4, -0.2) is 20.6 Å². The number of aromatic carboxylic acids is 1. The fourth-order valence-corrected chi connectivity index (χ4v) is 1.90.